The number of hydrogen-bond donors (Lipinski definition) is 1. The molecule has 4 heteroatoms. The monoisotopic (exact) mass is 401 g/mol. The van der Waals surface area contributed by atoms with Crippen LogP contribution in [-0.2, 0) is 0 Å². The highest BCUT2D eigenvalue weighted by atomic mass is 35.5. The van der Waals surface area contributed by atoms with E-state index in [4.69, 9.17) is 11.6 Å². The summed E-state index contributed by atoms with van der Waals surface area (Å²) in [6.45, 7) is 2.01. The molecule has 0 fully saturated rings. The highest BCUT2D eigenvalue weighted by Crippen LogP contribution is 2.37. The van der Waals surface area contributed by atoms with E-state index in [1.54, 1.807) is 0 Å². The van der Waals surface area contributed by atoms with Gasteiger partial charge in [-0.15, -0.1) is 11.3 Å². The van der Waals surface area contributed by atoms with E-state index in [-0.39, 0.29) is 5.91 Å². The molecule has 0 bridgehead atoms. The molecule has 0 spiro atoms. The summed E-state index contributed by atoms with van der Waals surface area (Å²) in [7, 11) is 0. The first-order chi connectivity index (χ1) is 13.6. The van der Waals surface area contributed by atoms with Crippen molar-refractivity contribution < 1.29 is 4.79 Å². The first kappa shape index (κ1) is 17.2. The zero-order valence-corrected chi connectivity index (χ0v) is 16.7. The Bertz CT molecular complexity index is 1390. The van der Waals surface area contributed by atoms with Crippen LogP contribution in [0.3, 0.4) is 0 Å². The smallest absolute Gasteiger partial charge is 0.267 e. The van der Waals surface area contributed by atoms with E-state index in [1.165, 1.54) is 22.1 Å². The maximum atomic E-state index is 12.9. The number of halogens is 1. The van der Waals surface area contributed by atoms with Crippen LogP contribution in [0.25, 0.3) is 31.6 Å². The summed E-state index contributed by atoms with van der Waals surface area (Å²) in [6.07, 6.45) is 0. The van der Waals surface area contributed by atoms with E-state index < -0.39 is 0 Å². The van der Waals surface area contributed by atoms with E-state index in [2.05, 4.69) is 29.6 Å². The van der Waals surface area contributed by atoms with E-state index >= 15 is 0 Å². The van der Waals surface area contributed by atoms with Crippen molar-refractivity contribution in [2.45, 2.75) is 6.92 Å². The predicted octanol–water partition coefficient (Wildman–Crippen LogP) is 7.42. The fourth-order valence-electron chi connectivity index (χ4n) is 3.69. The lowest BCUT2D eigenvalue weighted by Gasteiger charge is -2.08. The van der Waals surface area contributed by atoms with Gasteiger partial charge in [0.2, 0.25) is 0 Å². The van der Waals surface area contributed by atoms with E-state index in [0.717, 1.165) is 32.1 Å². The number of rotatable bonds is 2. The van der Waals surface area contributed by atoms with Gasteiger partial charge in [0.05, 0.1) is 5.02 Å². The molecule has 1 N–H and O–H groups in total. The fraction of sp³-hybridized carbons (Fsp3) is 0.0417. The van der Waals surface area contributed by atoms with Crippen LogP contribution in [0.5, 0.6) is 0 Å². The normalized spacial score (nSPS) is 11.4. The standard InChI is InChI=1S/C24H16ClNOS/c1-14-5-4-8-20-21(14)22(25)23(28-20)24(27)26-17-12-11-16-10-9-15-6-2-3-7-18(15)19(16)13-17/h2-13H,1H3,(H,26,27). The SMILES string of the molecule is Cc1cccc2sc(C(=O)Nc3ccc4ccc5ccccc5c4c3)c(Cl)c12. The van der Waals surface area contributed by atoms with Crippen LogP contribution in [0.4, 0.5) is 5.69 Å². The summed E-state index contributed by atoms with van der Waals surface area (Å²) in [5.41, 5.74) is 1.84. The maximum Gasteiger partial charge on any atom is 0.267 e. The highest BCUT2D eigenvalue weighted by molar-refractivity contribution is 7.21. The molecule has 1 amide bonds. The predicted molar refractivity (Wildman–Crippen MR) is 121 cm³/mol. The van der Waals surface area contributed by atoms with Gasteiger partial charge in [0.25, 0.3) is 5.91 Å². The van der Waals surface area contributed by atoms with Crippen molar-refractivity contribution >= 4 is 66.2 Å². The minimum absolute atomic E-state index is 0.176. The Kier molecular flexibility index (Phi) is 4.08. The van der Waals surface area contributed by atoms with E-state index in [9.17, 15) is 4.79 Å². The largest absolute Gasteiger partial charge is 0.321 e. The van der Waals surface area contributed by atoms with Crippen LogP contribution >= 0.6 is 22.9 Å². The van der Waals surface area contributed by atoms with Crippen molar-refractivity contribution in [1.82, 2.24) is 0 Å². The minimum Gasteiger partial charge on any atom is -0.321 e. The number of carbonyl (C=O) groups is 1. The van der Waals surface area contributed by atoms with E-state index in [0.29, 0.717) is 9.90 Å². The van der Waals surface area contributed by atoms with Crippen molar-refractivity contribution in [3.05, 3.63) is 88.3 Å². The first-order valence-corrected chi connectivity index (χ1v) is 10.2. The average molecular weight is 402 g/mol. The van der Waals surface area contributed by atoms with Gasteiger partial charge in [0.15, 0.2) is 0 Å². The Balaban J connectivity index is 1.56. The highest BCUT2D eigenvalue weighted by Gasteiger charge is 2.18. The van der Waals surface area contributed by atoms with Crippen LogP contribution in [0, 0.1) is 6.92 Å². The van der Waals surface area contributed by atoms with Crippen molar-refractivity contribution in [1.29, 1.82) is 0 Å². The quantitative estimate of drug-likeness (QED) is 0.306. The third-order valence-electron chi connectivity index (χ3n) is 5.08. The molecule has 136 valence electrons. The van der Waals surface area contributed by atoms with Gasteiger partial charge in [0, 0.05) is 15.8 Å². The molecule has 1 aromatic heterocycles. The molecule has 1 heterocycles. The summed E-state index contributed by atoms with van der Waals surface area (Å²) in [5.74, 6) is -0.176. The molecule has 0 aliphatic carbocycles. The van der Waals surface area contributed by atoms with Crippen LogP contribution in [0.2, 0.25) is 5.02 Å². The van der Waals surface area contributed by atoms with Crippen molar-refractivity contribution in [3.63, 3.8) is 0 Å². The molecule has 4 aromatic carbocycles. The number of benzene rings is 4. The zero-order valence-electron chi connectivity index (χ0n) is 15.1. The topological polar surface area (TPSA) is 29.1 Å². The Morgan fingerprint density at radius 3 is 2.46 bits per heavy atom. The maximum absolute atomic E-state index is 12.9. The number of fused-ring (bicyclic) bond motifs is 4. The molecule has 0 atom stereocenters. The lowest BCUT2D eigenvalue weighted by molar-refractivity contribution is 0.103. The zero-order chi connectivity index (χ0) is 19.3. The van der Waals surface area contributed by atoms with Crippen molar-refractivity contribution in [3.8, 4) is 0 Å². The number of carbonyl (C=O) groups excluding carboxylic acids is 1. The molecule has 2 nitrogen and oxygen atoms in total. The third kappa shape index (κ3) is 2.75. The summed E-state index contributed by atoms with van der Waals surface area (Å²) in [5, 5.41) is 9.13. The Morgan fingerprint density at radius 2 is 1.64 bits per heavy atom. The molecule has 5 aromatic rings. The van der Waals surface area contributed by atoms with Gasteiger partial charge in [-0.25, -0.2) is 0 Å². The Morgan fingerprint density at radius 1 is 0.893 bits per heavy atom. The molecule has 0 unspecified atom stereocenters. The molecule has 28 heavy (non-hydrogen) atoms. The molecule has 0 aliphatic heterocycles. The number of thiophene rings is 1. The molecular weight excluding hydrogens is 386 g/mol. The summed E-state index contributed by atoms with van der Waals surface area (Å²) in [4.78, 5) is 13.5. The molecule has 0 saturated carbocycles. The number of anilines is 1. The van der Waals surface area contributed by atoms with Gasteiger partial charge in [-0.05, 0) is 52.2 Å². The molecule has 5 rings (SSSR count). The van der Waals surface area contributed by atoms with Crippen molar-refractivity contribution in [2.75, 3.05) is 5.32 Å². The Hall–Kier alpha value is -2.88. The van der Waals surface area contributed by atoms with Gasteiger partial charge >= 0.3 is 0 Å². The van der Waals surface area contributed by atoms with Crippen LogP contribution < -0.4 is 5.32 Å². The second kappa shape index (κ2) is 6.62. The second-order valence-electron chi connectivity index (χ2n) is 6.87. The number of amides is 1. The lowest BCUT2D eigenvalue weighted by Crippen LogP contribution is -2.10. The van der Waals surface area contributed by atoms with Gasteiger partial charge in [-0.3, -0.25) is 4.79 Å². The number of nitrogens with one attached hydrogen (secondary N) is 1. The molecule has 0 radical (unpaired) electrons. The second-order valence-corrected chi connectivity index (χ2v) is 8.30. The van der Waals surface area contributed by atoms with Gasteiger partial charge in [0.1, 0.15) is 4.88 Å². The van der Waals surface area contributed by atoms with Crippen LogP contribution in [0.15, 0.2) is 72.8 Å². The van der Waals surface area contributed by atoms with Gasteiger partial charge in [-0.2, -0.15) is 0 Å². The van der Waals surface area contributed by atoms with E-state index in [1.807, 2.05) is 55.5 Å². The molecule has 0 aliphatic rings. The molecule has 0 saturated heterocycles. The first-order valence-electron chi connectivity index (χ1n) is 9.02. The number of hydrogen-bond acceptors (Lipinski definition) is 2. The summed E-state index contributed by atoms with van der Waals surface area (Å²) >= 11 is 7.97. The van der Waals surface area contributed by atoms with Gasteiger partial charge in [-0.1, -0.05) is 66.2 Å². The minimum atomic E-state index is -0.176. The van der Waals surface area contributed by atoms with Crippen molar-refractivity contribution in [2.24, 2.45) is 0 Å². The Labute approximate surface area is 171 Å². The summed E-state index contributed by atoms with van der Waals surface area (Å²) in [6, 6.07) is 24.5. The fourth-order valence-corrected chi connectivity index (χ4v) is 5.26. The van der Waals surface area contributed by atoms with Crippen LogP contribution in [0.1, 0.15) is 15.2 Å². The lowest BCUT2D eigenvalue weighted by atomic mass is 10.0. The van der Waals surface area contributed by atoms with Gasteiger partial charge < -0.3 is 5.32 Å². The summed E-state index contributed by atoms with van der Waals surface area (Å²) < 4.78 is 1.03. The average Bonchev–Trinajstić information content (AvgIpc) is 3.06. The number of aryl methyl sites for hydroxylation is 1. The van der Waals surface area contributed by atoms with Crippen LogP contribution in [-0.4, -0.2) is 5.91 Å². The molecular formula is C24H16ClNOS. The third-order valence-corrected chi connectivity index (χ3v) is 6.72.